The van der Waals surface area contributed by atoms with Crippen molar-refractivity contribution in [2.45, 2.75) is 78.1 Å². The van der Waals surface area contributed by atoms with Crippen LogP contribution < -0.4 is 15.4 Å². The third-order valence-electron chi connectivity index (χ3n) is 8.19. The van der Waals surface area contributed by atoms with Gasteiger partial charge in [-0.2, -0.15) is 5.16 Å². The van der Waals surface area contributed by atoms with Gasteiger partial charge in [-0.25, -0.2) is 9.97 Å². The number of benzene rings is 3. The molecular weight excluding hydrogens is 568 g/mol. The maximum absolute atomic E-state index is 14.1. The fraction of sp³-hybridized carbons (Fsp3) is 0.333. The average molecular weight is 606 g/mol. The van der Waals surface area contributed by atoms with E-state index in [1.807, 2.05) is 79.7 Å². The zero-order valence-corrected chi connectivity index (χ0v) is 26.0. The van der Waals surface area contributed by atoms with Crippen molar-refractivity contribution in [3.05, 3.63) is 106 Å². The van der Waals surface area contributed by atoms with Crippen molar-refractivity contribution >= 4 is 0 Å². The average Bonchev–Trinajstić information content (AvgIpc) is 3.46. The summed E-state index contributed by atoms with van der Waals surface area (Å²) in [7, 11) is 0. The van der Waals surface area contributed by atoms with Gasteiger partial charge in [0.15, 0.2) is 11.9 Å². The van der Waals surface area contributed by atoms with Crippen LogP contribution in [0, 0.1) is 6.92 Å². The highest BCUT2D eigenvalue weighted by Crippen LogP contribution is 2.31. The van der Waals surface area contributed by atoms with Gasteiger partial charge in [-0.1, -0.05) is 61.9 Å². The zero-order valence-electron chi connectivity index (χ0n) is 26.0. The normalized spacial score (nSPS) is 18.2. The predicted molar refractivity (Wildman–Crippen MR) is 170 cm³/mol. The Hall–Kier alpha value is -4.76. The fourth-order valence-electron chi connectivity index (χ4n) is 6.21. The van der Waals surface area contributed by atoms with E-state index in [-0.39, 0.29) is 29.7 Å². The topological polar surface area (TPSA) is 115 Å². The van der Waals surface area contributed by atoms with E-state index in [1.54, 1.807) is 4.57 Å². The van der Waals surface area contributed by atoms with Crippen LogP contribution in [0.3, 0.4) is 0 Å². The Labute approximate surface area is 262 Å². The van der Waals surface area contributed by atoms with Gasteiger partial charge in [0.05, 0.1) is 23.6 Å². The lowest BCUT2D eigenvalue weighted by atomic mass is 9.96. The van der Waals surface area contributed by atoms with Gasteiger partial charge < -0.3 is 19.1 Å². The summed E-state index contributed by atoms with van der Waals surface area (Å²) in [5.74, 6) is 1.69. The third-order valence-corrected chi connectivity index (χ3v) is 8.19. The number of aromatic nitrogens is 4. The Morgan fingerprint density at radius 3 is 2.27 bits per heavy atom. The Kier molecular flexibility index (Phi) is 8.80. The summed E-state index contributed by atoms with van der Waals surface area (Å²) in [5.41, 5.74) is 5.73. The smallest absolute Gasteiger partial charge is 0.261 e. The molecule has 0 saturated carbocycles. The first-order valence-corrected chi connectivity index (χ1v) is 15.5. The Morgan fingerprint density at radius 1 is 0.933 bits per heavy atom. The van der Waals surface area contributed by atoms with Gasteiger partial charge in [0.2, 0.25) is 0 Å². The number of hydrogen-bond acceptors (Lipinski definition) is 8. The molecule has 9 heteroatoms. The first-order valence-electron chi connectivity index (χ1n) is 15.5. The molecule has 0 spiro atoms. The van der Waals surface area contributed by atoms with Crippen molar-refractivity contribution in [1.82, 2.24) is 19.7 Å². The number of hydrogen-bond donors (Lipinski definition) is 0. The molecule has 9 nitrogen and oxygen atoms in total. The maximum Gasteiger partial charge on any atom is 0.261 e. The van der Waals surface area contributed by atoms with Crippen LogP contribution in [0.4, 0.5) is 0 Å². The lowest BCUT2D eigenvalue weighted by Gasteiger charge is -2.32. The molecule has 0 aliphatic carbocycles. The summed E-state index contributed by atoms with van der Waals surface area (Å²) in [6.07, 6.45) is 3.48. The van der Waals surface area contributed by atoms with Gasteiger partial charge in [-0.15, -0.1) is 0 Å². The lowest BCUT2D eigenvalue weighted by Crippen LogP contribution is -2.35. The summed E-state index contributed by atoms with van der Waals surface area (Å²) in [6.45, 7) is 8.13. The first kappa shape index (κ1) is 30.3. The minimum atomic E-state index is -0.723. The van der Waals surface area contributed by atoms with E-state index in [2.05, 4.69) is 35.4 Å². The van der Waals surface area contributed by atoms with Gasteiger partial charge in [0.25, 0.3) is 5.56 Å². The molecule has 6 rings (SSSR count). The second kappa shape index (κ2) is 13.1. The summed E-state index contributed by atoms with van der Waals surface area (Å²) >= 11 is 0. The molecule has 45 heavy (non-hydrogen) atoms. The number of aryl methyl sites for hydroxylation is 2. The van der Waals surface area contributed by atoms with E-state index in [4.69, 9.17) is 14.5 Å². The van der Waals surface area contributed by atoms with Crippen LogP contribution in [0.5, 0.6) is 11.8 Å². The number of nitrogens with zero attached hydrogens (tertiary/aromatic N) is 4. The van der Waals surface area contributed by atoms with Gasteiger partial charge in [0.1, 0.15) is 17.7 Å². The molecule has 1 aliphatic rings. The number of ether oxygens (including phenoxy) is 2. The second-order valence-corrected chi connectivity index (χ2v) is 11.7. The molecule has 1 aliphatic heterocycles. The standard InChI is InChI=1S/C36H38N4O5/c1-5-8-33-32(21-25-11-13-26(14-12-25)30-9-6-7-10-31(30)34-38-36(42)45-39-34)35(41)40(24(4)37-33)27-15-17-28(18-16-27)44-29-19-22(2)43-23(3)20-29/h6-7,9-18,22-23,29H,5,8,19-21H2,1-4H3,(H,38,39,42)/p-1/t22-,23+,29?. The van der Waals surface area contributed by atoms with Gasteiger partial charge in [-0.3, -0.25) is 9.36 Å². The van der Waals surface area contributed by atoms with Crippen molar-refractivity contribution in [3.63, 3.8) is 0 Å². The molecule has 2 aromatic heterocycles. The largest absolute Gasteiger partial charge is 0.528 e. The van der Waals surface area contributed by atoms with Gasteiger partial charge >= 0.3 is 0 Å². The monoisotopic (exact) mass is 605 g/mol. The molecule has 3 heterocycles. The molecule has 1 unspecified atom stereocenters. The second-order valence-electron chi connectivity index (χ2n) is 11.7. The highest BCUT2D eigenvalue weighted by atomic mass is 16.6. The molecule has 0 bridgehead atoms. The van der Waals surface area contributed by atoms with Crippen LogP contribution in [-0.4, -0.2) is 38.0 Å². The molecular formula is C36H37N4O5-. The fourth-order valence-corrected chi connectivity index (χ4v) is 6.21. The summed E-state index contributed by atoms with van der Waals surface area (Å²) in [6, 6.07) is 23.3. The molecule has 1 saturated heterocycles. The Morgan fingerprint density at radius 2 is 1.62 bits per heavy atom. The molecule has 0 radical (unpaired) electrons. The third kappa shape index (κ3) is 6.68. The lowest BCUT2D eigenvalue weighted by molar-refractivity contribution is -0.303. The SMILES string of the molecule is CCCc1nc(C)n(-c2ccc(OC3C[C@@H](C)O[C@@H](C)C3)cc2)c(=O)c1Cc1ccc(-c2ccccc2-c2noc([O-])n2)cc1. The van der Waals surface area contributed by atoms with Crippen LogP contribution in [0.25, 0.3) is 28.2 Å². The van der Waals surface area contributed by atoms with Crippen LogP contribution in [0.15, 0.2) is 82.1 Å². The Bertz CT molecular complexity index is 1820. The van der Waals surface area contributed by atoms with Crippen molar-refractivity contribution in [3.8, 4) is 40.0 Å². The van der Waals surface area contributed by atoms with Crippen LogP contribution in [0.1, 0.15) is 62.7 Å². The molecule has 3 atom stereocenters. The van der Waals surface area contributed by atoms with E-state index in [9.17, 15) is 9.90 Å². The quantitative estimate of drug-likeness (QED) is 0.195. The van der Waals surface area contributed by atoms with Crippen LogP contribution in [-0.2, 0) is 17.6 Å². The van der Waals surface area contributed by atoms with Crippen LogP contribution >= 0.6 is 0 Å². The molecule has 0 N–H and O–H groups in total. The highest BCUT2D eigenvalue weighted by molar-refractivity contribution is 5.80. The van der Waals surface area contributed by atoms with Crippen LogP contribution in [0.2, 0.25) is 0 Å². The molecule has 232 valence electrons. The Balaban J connectivity index is 1.27. The van der Waals surface area contributed by atoms with Crippen molar-refractivity contribution in [2.24, 2.45) is 0 Å². The predicted octanol–water partition coefficient (Wildman–Crippen LogP) is 6.21. The maximum atomic E-state index is 14.1. The van der Waals surface area contributed by atoms with E-state index < -0.39 is 6.08 Å². The minimum Gasteiger partial charge on any atom is -0.528 e. The summed E-state index contributed by atoms with van der Waals surface area (Å²) in [5, 5.41) is 15.3. The summed E-state index contributed by atoms with van der Waals surface area (Å²) in [4.78, 5) is 22.9. The van der Waals surface area contributed by atoms with Gasteiger partial charge in [0, 0.05) is 30.4 Å². The summed E-state index contributed by atoms with van der Waals surface area (Å²) < 4.78 is 18.5. The minimum absolute atomic E-state index is 0.0633. The molecule has 5 aromatic rings. The van der Waals surface area contributed by atoms with Crippen molar-refractivity contribution < 1.29 is 19.1 Å². The van der Waals surface area contributed by atoms with E-state index in [0.29, 0.717) is 23.4 Å². The van der Waals surface area contributed by atoms with Gasteiger partial charge in [-0.05, 0) is 68.1 Å². The molecule has 1 fully saturated rings. The van der Waals surface area contributed by atoms with E-state index >= 15 is 0 Å². The zero-order chi connectivity index (χ0) is 31.5. The van der Waals surface area contributed by atoms with E-state index in [0.717, 1.165) is 59.5 Å². The van der Waals surface area contributed by atoms with Crippen molar-refractivity contribution in [2.75, 3.05) is 0 Å². The molecule has 3 aromatic carbocycles. The van der Waals surface area contributed by atoms with E-state index in [1.165, 1.54) is 0 Å². The first-order chi connectivity index (χ1) is 21.8. The molecule has 0 amide bonds. The number of rotatable bonds is 9. The highest BCUT2D eigenvalue weighted by Gasteiger charge is 2.26. The van der Waals surface area contributed by atoms with Crippen molar-refractivity contribution in [1.29, 1.82) is 0 Å².